The van der Waals surface area contributed by atoms with Crippen LogP contribution in [0.1, 0.15) is 19.3 Å². The predicted octanol–water partition coefficient (Wildman–Crippen LogP) is 1.72. The topological polar surface area (TPSA) is 69.0 Å². The van der Waals surface area contributed by atoms with Gasteiger partial charge in [0.1, 0.15) is 0 Å². The molecule has 112 valence electrons. The van der Waals surface area contributed by atoms with Gasteiger partial charge in [-0.25, -0.2) is 4.68 Å². The molecule has 0 aromatic carbocycles. The van der Waals surface area contributed by atoms with Crippen LogP contribution in [0.4, 0.5) is 5.95 Å². The Kier molecular flexibility index (Phi) is 4.31. The van der Waals surface area contributed by atoms with Crippen molar-refractivity contribution in [3.63, 3.8) is 0 Å². The highest BCUT2D eigenvalue weighted by atomic mass is 35.5. The van der Waals surface area contributed by atoms with Crippen LogP contribution in [0.25, 0.3) is 5.95 Å². The van der Waals surface area contributed by atoms with Gasteiger partial charge in [-0.3, -0.25) is 0 Å². The summed E-state index contributed by atoms with van der Waals surface area (Å²) in [6.45, 7) is 1.56. The van der Waals surface area contributed by atoms with Crippen LogP contribution in [-0.4, -0.2) is 51.0 Å². The molecule has 1 aliphatic rings. The Morgan fingerprint density at radius 1 is 1.38 bits per heavy atom. The number of hydrogen-bond acceptors (Lipinski definition) is 6. The average Bonchev–Trinajstić information content (AvgIpc) is 3.02. The van der Waals surface area contributed by atoms with Gasteiger partial charge in [-0.2, -0.15) is 20.1 Å². The zero-order chi connectivity index (χ0) is 14.7. The Morgan fingerprint density at radius 2 is 2.29 bits per heavy atom. The Hall–Kier alpha value is -1.73. The third kappa shape index (κ3) is 3.48. The molecular weight excluding hydrogens is 292 g/mol. The summed E-state index contributed by atoms with van der Waals surface area (Å²) < 4.78 is 7.30. The first-order valence-corrected chi connectivity index (χ1v) is 7.34. The Bertz CT molecular complexity index is 584. The molecule has 1 saturated heterocycles. The van der Waals surface area contributed by atoms with Crippen molar-refractivity contribution in [1.29, 1.82) is 0 Å². The number of likely N-dealkylation sites (N-methyl/N-ethyl adjacent to an activating group) is 1. The molecule has 1 aliphatic heterocycles. The van der Waals surface area contributed by atoms with E-state index in [9.17, 15) is 0 Å². The summed E-state index contributed by atoms with van der Waals surface area (Å²) in [6, 6.07) is 1.80. The van der Waals surface area contributed by atoms with Gasteiger partial charge in [0.15, 0.2) is 0 Å². The van der Waals surface area contributed by atoms with Crippen LogP contribution in [0, 0.1) is 0 Å². The van der Waals surface area contributed by atoms with E-state index in [2.05, 4.69) is 20.1 Å². The monoisotopic (exact) mass is 308 g/mol. The van der Waals surface area contributed by atoms with Crippen LogP contribution in [-0.2, 0) is 4.74 Å². The molecule has 7 nitrogen and oxygen atoms in total. The van der Waals surface area contributed by atoms with E-state index in [1.807, 2.05) is 11.9 Å². The molecule has 1 unspecified atom stereocenters. The number of hydrogen-bond donors (Lipinski definition) is 0. The van der Waals surface area contributed by atoms with E-state index in [0.29, 0.717) is 11.9 Å². The molecule has 0 saturated carbocycles. The number of ether oxygens (including phenoxy) is 1. The Balaban J connectivity index is 1.77. The minimum absolute atomic E-state index is 0.155. The number of aromatic nitrogens is 5. The highest BCUT2D eigenvalue weighted by molar-refractivity contribution is 6.28. The maximum absolute atomic E-state index is 5.99. The second-order valence-corrected chi connectivity index (χ2v) is 5.36. The average molecular weight is 309 g/mol. The van der Waals surface area contributed by atoms with Crippen molar-refractivity contribution >= 4 is 17.5 Å². The first-order valence-electron chi connectivity index (χ1n) is 6.97. The Morgan fingerprint density at radius 3 is 3.00 bits per heavy atom. The van der Waals surface area contributed by atoms with Gasteiger partial charge in [0.2, 0.25) is 11.2 Å². The summed E-state index contributed by atoms with van der Waals surface area (Å²) in [7, 11) is 1.93. The van der Waals surface area contributed by atoms with Crippen LogP contribution >= 0.6 is 11.6 Å². The van der Waals surface area contributed by atoms with Crippen LogP contribution in [0.2, 0.25) is 5.28 Å². The summed E-state index contributed by atoms with van der Waals surface area (Å²) in [5.74, 6) is 0.932. The van der Waals surface area contributed by atoms with E-state index in [-0.39, 0.29) is 11.4 Å². The number of anilines is 1. The molecular formula is C13H17ClN6O. The van der Waals surface area contributed by atoms with E-state index in [4.69, 9.17) is 16.3 Å². The fraction of sp³-hybridized carbons (Fsp3) is 0.538. The van der Waals surface area contributed by atoms with Crippen molar-refractivity contribution in [2.45, 2.75) is 25.4 Å². The second-order valence-electron chi connectivity index (χ2n) is 5.02. The van der Waals surface area contributed by atoms with Crippen molar-refractivity contribution in [2.24, 2.45) is 0 Å². The molecule has 8 heteroatoms. The molecule has 2 aromatic heterocycles. The summed E-state index contributed by atoms with van der Waals surface area (Å²) in [6.07, 6.45) is 7.05. The van der Waals surface area contributed by atoms with Crippen LogP contribution in [0.5, 0.6) is 0 Å². The standard InChI is InChI=1S/C13H17ClN6O/c1-19(9-10-5-2-3-8-21-10)12-16-11(14)17-13(18-12)20-7-4-6-15-20/h4,6-7,10H,2-3,5,8-9H2,1H3. The van der Waals surface area contributed by atoms with E-state index in [0.717, 1.165) is 26.0 Å². The van der Waals surface area contributed by atoms with Gasteiger partial charge in [-0.15, -0.1) is 0 Å². The molecule has 1 fully saturated rings. The summed E-state index contributed by atoms with van der Waals surface area (Å²) >= 11 is 5.99. The fourth-order valence-corrected chi connectivity index (χ4v) is 2.48. The molecule has 0 amide bonds. The molecule has 3 rings (SSSR count). The molecule has 21 heavy (non-hydrogen) atoms. The van der Waals surface area contributed by atoms with Crippen molar-refractivity contribution in [2.75, 3.05) is 25.1 Å². The molecule has 0 N–H and O–H groups in total. The molecule has 0 spiro atoms. The van der Waals surface area contributed by atoms with Gasteiger partial charge in [-0.05, 0) is 36.9 Å². The molecule has 0 bridgehead atoms. The van der Waals surface area contributed by atoms with Crippen LogP contribution in [0.3, 0.4) is 0 Å². The van der Waals surface area contributed by atoms with Crippen LogP contribution < -0.4 is 4.90 Å². The Labute approximate surface area is 127 Å². The quantitative estimate of drug-likeness (QED) is 0.856. The van der Waals surface area contributed by atoms with Crippen molar-refractivity contribution < 1.29 is 4.74 Å². The number of rotatable bonds is 4. The SMILES string of the molecule is CN(CC1CCCCO1)c1nc(Cl)nc(-n2cccn2)n1. The predicted molar refractivity (Wildman–Crippen MR) is 78.8 cm³/mol. The molecule has 0 aliphatic carbocycles. The van der Waals surface area contributed by atoms with Crippen molar-refractivity contribution in [1.82, 2.24) is 24.7 Å². The zero-order valence-corrected chi connectivity index (χ0v) is 12.6. The van der Waals surface area contributed by atoms with Gasteiger partial charge in [0.25, 0.3) is 5.95 Å². The highest BCUT2D eigenvalue weighted by Gasteiger charge is 2.18. The molecule has 3 heterocycles. The van der Waals surface area contributed by atoms with Gasteiger partial charge < -0.3 is 9.64 Å². The maximum Gasteiger partial charge on any atom is 0.256 e. The van der Waals surface area contributed by atoms with E-state index in [1.54, 1.807) is 23.1 Å². The summed E-state index contributed by atoms with van der Waals surface area (Å²) in [5, 5.41) is 4.26. The summed E-state index contributed by atoms with van der Waals surface area (Å²) in [5.41, 5.74) is 0. The number of halogens is 1. The van der Waals surface area contributed by atoms with Crippen molar-refractivity contribution in [3.05, 3.63) is 23.7 Å². The van der Waals surface area contributed by atoms with Gasteiger partial charge in [0.05, 0.1) is 6.10 Å². The first kappa shape index (κ1) is 14.2. The van der Waals surface area contributed by atoms with Gasteiger partial charge >= 0.3 is 0 Å². The largest absolute Gasteiger partial charge is 0.376 e. The lowest BCUT2D eigenvalue weighted by Gasteiger charge is -2.27. The normalized spacial score (nSPS) is 18.7. The summed E-state index contributed by atoms with van der Waals surface area (Å²) in [4.78, 5) is 14.6. The molecule has 0 radical (unpaired) electrons. The highest BCUT2D eigenvalue weighted by Crippen LogP contribution is 2.17. The third-order valence-corrected chi connectivity index (χ3v) is 3.56. The van der Waals surface area contributed by atoms with Gasteiger partial charge in [0, 0.05) is 32.6 Å². The van der Waals surface area contributed by atoms with E-state index >= 15 is 0 Å². The number of nitrogens with zero attached hydrogens (tertiary/aromatic N) is 6. The lowest BCUT2D eigenvalue weighted by atomic mass is 10.1. The molecule has 2 aromatic rings. The van der Waals surface area contributed by atoms with Crippen molar-refractivity contribution in [3.8, 4) is 5.95 Å². The minimum Gasteiger partial charge on any atom is -0.376 e. The fourth-order valence-electron chi connectivity index (χ4n) is 2.33. The second kappa shape index (κ2) is 6.36. The zero-order valence-electron chi connectivity index (χ0n) is 11.8. The van der Waals surface area contributed by atoms with E-state index < -0.39 is 0 Å². The van der Waals surface area contributed by atoms with E-state index in [1.165, 1.54) is 6.42 Å². The lowest BCUT2D eigenvalue weighted by molar-refractivity contribution is 0.0214. The molecule has 1 atom stereocenters. The third-order valence-electron chi connectivity index (χ3n) is 3.39. The maximum atomic E-state index is 5.99. The minimum atomic E-state index is 0.155. The first-order chi connectivity index (χ1) is 10.2. The van der Waals surface area contributed by atoms with Gasteiger partial charge in [-0.1, -0.05) is 0 Å². The smallest absolute Gasteiger partial charge is 0.256 e. The van der Waals surface area contributed by atoms with Crippen LogP contribution in [0.15, 0.2) is 18.5 Å². The lowest BCUT2D eigenvalue weighted by Crippen LogP contribution is -2.34.